The summed E-state index contributed by atoms with van der Waals surface area (Å²) in [6, 6.07) is 12.0. The van der Waals surface area contributed by atoms with Gasteiger partial charge in [0.15, 0.2) is 0 Å². The van der Waals surface area contributed by atoms with Crippen molar-refractivity contribution < 1.29 is 26.3 Å². The average molecular weight is 587 g/mol. The Hall–Kier alpha value is -3.46. The van der Waals surface area contributed by atoms with Gasteiger partial charge in [-0.2, -0.15) is 18.4 Å². The summed E-state index contributed by atoms with van der Waals surface area (Å²) in [5.74, 6) is 0.530. The number of nitrogens with one attached hydrogen (secondary N) is 2. The molecule has 0 saturated carbocycles. The fraction of sp³-hybridized carbons (Fsp3) is 0.0476. The maximum Gasteiger partial charge on any atom is 0.417 e. The fourth-order valence-electron chi connectivity index (χ4n) is 3.30. The van der Waals surface area contributed by atoms with Gasteiger partial charge in [-0.25, -0.2) is 13.4 Å². The molecule has 0 aliphatic carbocycles. The van der Waals surface area contributed by atoms with E-state index in [1.807, 2.05) is 6.07 Å². The molecule has 9 nitrogen and oxygen atoms in total. The van der Waals surface area contributed by atoms with E-state index in [4.69, 9.17) is 27.9 Å². The highest BCUT2D eigenvalue weighted by molar-refractivity contribution is 7.92. The zero-order valence-corrected chi connectivity index (χ0v) is 21.1. The smallest absolute Gasteiger partial charge is 0.417 e. The number of anilines is 1. The summed E-state index contributed by atoms with van der Waals surface area (Å²) in [6.07, 6.45) is -4.83. The number of aromatic amines is 1. The number of halogens is 5. The predicted molar refractivity (Wildman–Crippen MR) is 132 cm³/mol. The van der Waals surface area contributed by atoms with Crippen LogP contribution >= 0.6 is 34.5 Å². The number of tetrazole rings is 1. The number of sulfonamides is 1. The van der Waals surface area contributed by atoms with Crippen LogP contribution in [0.1, 0.15) is 5.56 Å². The van der Waals surface area contributed by atoms with E-state index < -0.39 is 31.7 Å². The Balaban J connectivity index is 1.42. The second-order valence-electron chi connectivity index (χ2n) is 7.40. The Morgan fingerprint density at radius 1 is 1.05 bits per heavy atom. The van der Waals surface area contributed by atoms with Crippen LogP contribution in [0, 0.1) is 0 Å². The van der Waals surface area contributed by atoms with E-state index in [1.54, 1.807) is 12.1 Å². The zero-order valence-electron chi connectivity index (χ0n) is 17.9. The molecule has 190 valence electrons. The minimum Gasteiger partial charge on any atom is -0.431 e. The first-order valence-electron chi connectivity index (χ1n) is 10.0. The normalized spacial score (nSPS) is 12.1. The van der Waals surface area contributed by atoms with Gasteiger partial charge in [0.05, 0.1) is 26.5 Å². The van der Waals surface area contributed by atoms with Gasteiger partial charge >= 0.3 is 6.18 Å². The van der Waals surface area contributed by atoms with Crippen LogP contribution in [0.3, 0.4) is 0 Å². The van der Waals surface area contributed by atoms with Crippen molar-refractivity contribution in [3.63, 3.8) is 0 Å². The van der Waals surface area contributed by atoms with E-state index in [9.17, 15) is 21.6 Å². The highest BCUT2D eigenvalue weighted by atomic mass is 35.5. The van der Waals surface area contributed by atoms with Gasteiger partial charge in [-0.15, -0.1) is 10.2 Å². The number of hydrogen-bond acceptors (Lipinski definition) is 8. The molecule has 0 aliphatic rings. The first-order chi connectivity index (χ1) is 17.5. The number of alkyl halides is 3. The van der Waals surface area contributed by atoms with Gasteiger partial charge in [-0.3, -0.25) is 4.72 Å². The van der Waals surface area contributed by atoms with Crippen molar-refractivity contribution in [3.05, 3.63) is 70.2 Å². The molecule has 2 N–H and O–H groups in total. The van der Waals surface area contributed by atoms with E-state index >= 15 is 0 Å². The number of thiazole rings is 1. The van der Waals surface area contributed by atoms with E-state index in [1.165, 1.54) is 29.5 Å². The SMILES string of the molecule is O=S(=O)(Nc1cc(Cl)cc(Oc2nc3cc(-c4nn[nH]n4)ccc3s2)c1)c1cccc(C(F)(F)F)c1Cl. The lowest BCUT2D eigenvalue weighted by Gasteiger charge is -2.14. The second-order valence-corrected chi connectivity index (χ2v) is 10.9. The molecule has 0 aliphatic heterocycles. The number of H-pyrrole nitrogens is 1. The van der Waals surface area contributed by atoms with Crippen molar-refractivity contribution >= 4 is 60.5 Å². The quantitative estimate of drug-likeness (QED) is 0.236. The average Bonchev–Trinajstić information content (AvgIpc) is 3.46. The third-order valence-corrected chi connectivity index (χ3v) is 7.93. The molecule has 0 spiro atoms. The number of ether oxygens (including phenoxy) is 1. The molecule has 0 saturated heterocycles. The first kappa shape index (κ1) is 25.2. The van der Waals surface area contributed by atoms with Crippen LogP contribution in [0.15, 0.2) is 59.5 Å². The van der Waals surface area contributed by atoms with Crippen molar-refractivity contribution in [2.24, 2.45) is 0 Å². The molecule has 0 radical (unpaired) electrons. The van der Waals surface area contributed by atoms with Gasteiger partial charge in [0.1, 0.15) is 10.6 Å². The Morgan fingerprint density at radius 3 is 2.59 bits per heavy atom. The molecule has 3 aromatic carbocycles. The zero-order chi connectivity index (χ0) is 26.4. The van der Waals surface area contributed by atoms with Crippen LogP contribution in [0.4, 0.5) is 18.9 Å². The number of hydrogen-bond donors (Lipinski definition) is 2. The van der Waals surface area contributed by atoms with Crippen molar-refractivity contribution in [1.82, 2.24) is 25.6 Å². The third kappa shape index (κ3) is 5.32. The van der Waals surface area contributed by atoms with Crippen LogP contribution in [-0.2, 0) is 16.2 Å². The summed E-state index contributed by atoms with van der Waals surface area (Å²) in [5, 5.41) is 13.1. The largest absolute Gasteiger partial charge is 0.431 e. The fourth-order valence-corrected chi connectivity index (χ4v) is 6.02. The van der Waals surface area contributed by atoms with Crippen molar-refractivity contribution in [2.75, 3.05) is 4.72 Å². The van der Waals surface area contributed by atoms with Gasteiger partial charge in [-0.1, -0.05) is 40.6 Å². The number of aromatic nitrogens is 5. The van der Waals surface area contributed by atoms with E-state index in [0.29, 0.717) is 23.0 Å². The maximum absolute atomic E-state index is 13.2. The summed E-state index contributed by atoms with van der Waals surface area (Å²) in [6.45, 7) is 0. The predicted octanol–water partition coefficient (Wildman–Crippen LogP) is 6.40. The highest BCUT2D eigenvalue weighted by Gasteiger charge is 2.35. The maximum atomic E-state index is 13.2. The number of rotatable bonds is 6. The number of benzene rings is 3. The lowest BCUT2D eigenvalue weighted by atomic mass is 10.2. The van der Waals surface area contributed by atoms with Crippen LogP contribution in [0.2, 0.25) is 10.0 Å². The van der Waals surface area contributed by atoms with Crippen molar-refractivity contribution in [2.45, 2.75) is 11.1 Å². The van der Waals surface area contributed by atoms with Crippen LogP contribution < -0.4 is 9.46 Å². The molecule has 16 heteroatoms. The lowest BCUT2D eigenvalue weighted by molar-refractivity contribution is -0.137. The second kappa shape index (κ2) is 9.45. The van der Waals surface area contributed by atoms with Gasteiger partial charge in [-0.05, 0) is 47.7 Å². The Morgan fingerprint density at radius 2 is 1.86 bits per heavy atom. The van der Waals surface area contributed by atoms with E-state index in [-0.39, 0.29) is 21.7 Å². The van der Waals surface area contributed by atoms with Crippen molar-refractivity contribution in [3.8, 4) is 22.3 Å². The van der Waals surface area contributed by atoms with E-state index in [2.05, 4.69) is 30.3 Å². The molecular weight excluding hydrogens is 576 g/mol. The molecule has 5 rings (SSSR count). The number of nitrogens with zero attached hydrogens (tertiary/aromatic N) is 4. The van der Waals surface area contributed by atoms with Crippen molar-refractivity contribution in [1.29, 1.82) is 0 Å². The summed E-state index contributed by atoms with van der Waals surface area (Å²) >= 11 is 13.1. The molecule has 0 bridgehead atoms. The summed E-state index contributed by atoms with van der Waals surface area (Å²) in [7, 11) is -4.51. The molecule has 2 aromatic heterocycles. The van der Waals surface area contributed by atoms with Crippen LogP contribution in [0.25, 0.3) is 21.6 Å². The minimum atomic E-state index is -4.83. The van der Waals surface area contributed by atoms with Gasteiger partial charge in [0, 0.05) is 16.7 Å². The summed E-state index contributed by atoms with van der Waals surface area (Å²) in [4.78, 5) is 3.67. The monoisotopic (exact) mass is 586 g/mol. The van der Waals surface area contributed by atoms with Crippen LogP contribution in [-0.4, -0.2) is 34.0 Å². The Kier molecular flexibility index (Phi) is 6.43. The molecule has 5 aromatic rings. The molecule has 0 fully saturated rings. The molecule has 2 heterocycles. The Bertz CT molecular complexity index is 1730. The third-order valence-electron chi connectivity index (χ3n) is 4.86. The molecule has 0 amide bonds. The molecule has 0 atom stereocenters. The van der Waals surface area contributed by atoms with Gasteiger partial charge < -0.3 is 4.74 Å². The molecule has 37 heavy (non-hydrogen) atoms. The van der Waals surface area contributed by atoms with Crippen LogP contribution in [0.5, 0.6) is 10.9 Å². The van der Waals surface area contributed by atoms with Gasteiger partial charge in [0.25, 0.3) is 15.2 Å². The molecular formula is C21H11Cl2F3N6O3S2. The minimum absolute atomic E-state index is 0.0588. The Labute approximate surface area is 220 Å². The highest BCUT2D eigenvalue weighted by Crippen LogP contribution is 2.39. The lowest BCUT2D eigenvalue weighted by Crippen LogP contribution is -2.16. The summed E-state index contributed by atoms with van der Waals surface area (Å²) in [5.41, 5.74) is -0.0442. The van der Waals surface area contributed by atoms with E-state index in [0.717, 1.165) is 16.8 Å². The molecule has 0 unspecified atom stereocenters. The first-order valence-corrected chi connectivity index (χ1v) is 13.1. The van der Waals surface area contributed by atoms with Gasteiger partial charge in [0.2, 0.25) is 5.82 Å². The summed E-state index contributed by atoms with van der Waals surface area (Å²) < 4.78 is 74.0. The standard InChI is InChI=1S/C21H11Cl2F3N6O3S2/c22-11-7-12(30-37(33,34)17-3-1-2-14(18(17)23)21(24,25)26)9-13(8-11)35-20-27-15-6-10(4-5-16(15)36-20)19-28-31-32-29-19/h1-9,30H,(H,28,29,31,32). The number of fused-ring (bicyclic) bond motifs is 1. The topological polar surface area (TPSA) is 123 Å².